The Morgan fingerprint density at radius 3 is 2.52 bits per heavy atom. The molecular formula is C18H27NO2. The lowest BCUT2D eigenvalue weighted by atomic mass is 9.82. The molecule has 0 saturated heterocycles. The monoisotopic (exact) mass is 289 g/mol. The number of benzene rings is 1. The van der Waals surface area contributed by atoms with Gasteiger partial charge in [0.25, 0.3) is 0 Å². The van der Waals surface area contributed by atoms with Crippen LogP contribution in [0.2, 0.25) is 0 Å². The van der Waals surface area contributed by atoms with Gasteiger partial charge in [0.1, 0.15) is 0 Å². The Balaban J connectivity index is 2.05. The molecule has 3 heteroatoms. The summed E-state index contributed by atoms with van der Waals surface area (Å²) in [5.41, 5.74) is 2.42. The molecule has 1 aliphatic rings. The van der Waals surface area contributed by atoms with Crippen molar-refractivity contribution in [2.24, 2.45) is 11.8 Å². The second-order valence-corrected chi connectivity index (χ2v) is 6.50. The van der Waals surface area contributed by atoms with E-state index in [-0.39, 0.29) is 6.42 Å². The summed E-state index contributed by atoms with van der Waals surface area (Å²) < 4.78 is 0. The van der Waals surface area contributed by atoms with Crippen LogP contribution in [-0.4, -0.2) is 24.2 Å². The number of aliphatic carboxylic acids is 1. The number of para-hydroxylation sites is 1. The van der Waals surface area contributed by atoms with Crippen LogP contribution in [0.25, 0.3) is 0 Å². The highest BCUT2D eigenvalue weighted by Gasteiger charge is 2.21. The Morgan fingerprint density at radius 1 is 1.24 bits per heavy atom. The van der Waals surface area contributed by atoms with E-state index >= 15 is 0 Å². The minimum atomic E-state index is -0.717. The summed E-state index contributed by atoms with van der Waals surface area (Å²) in [5, 5.41) is 8.99. The molecule has 0 spiro atoms. The Morgan fingerprint density at radius 2 is 1.90 bits per heavy atom. The second kappa shape index (κ2) is 7.48. The third-order valence-electron chi connectivity index (χ3n) is 4.67. The minimum absolute atomic E-state index is 0.206. The molecule has 0 radical (unpaired) electrons. The fourth-order valence-corrected chi connectivity index (χ4v) is 3.28. The van der Waals surface area contributed by atoms with Crippen LogP contribution in [-0.2, 0) is 4.79 Å². The predicted molar refractivity (Wildman–Crippen MR) is 86.8 cm³/mol. The third kappa shape index (κ3) is 4.76. The van der Waals surface area contributed by atoms with E-state index in [0.29, 0.717) is 12.5 Å². The van der Waals surface area contributed by atoms with E-state index in [1.54, 1.807) is 0 Å². The number of rotatable bonds is 6. The molecule has 1 aromatic carbocycles. The van der Waals surface area contributed by atoms with Gasteiger partial charge in [-0.05, 0) is 43.2 Å². The van der Waals surface area contributed by atoms with Crippen molar-refractivity contribution in [2.75, 3.05) is 18.0 Å². The van der Waals surface area contributed by atoms with Crippen LogP contribution in [0.1, 0.15) is 44.6 Å². The molecule has 0 unspecified atom stereocenters. The highest BCUT2D eigenvalue weighted by atomic mass is 16.4. The van der Waals surface area contributed by atoms with Crippen LogP contribution in [0.3, 0.4) is 0 Å². The molecule has 116 valence electrons. The molecule has 1 N–H and O–H groups in total. The molecule has 1 aliphatic carbocycles. The average Bonchev–Trinajstić information content (AvgIpc) is 2.46. The maximum Gasteiger partial charge on any atom is 0.305 e. The highest BCUT2D eigenvalue weighted by molar-refractivity contribution is 5.68. The number of carboxylic acids is 1. The van der Waals surface area contributed by atoms with Crippen molar-refractivity contribution in [2.45, 2.75) is 46.0 Å². The molecule has 0 aromatic heterocycles. The number of hydrogen-bond donors (Lipinski definition) is 1. The van der Waals surface area contributed by atoms with Gasteiger partial charge in [-0.3, -0.25) is 4.79 Å². The van der Waals surface area contributed by atoms with Gasteiger partial charge < -0.3 is 10.0 Å². The van der Waals surface area contributed by atoms with Crippen LogP contribution in [0, 0.1) is 18.8 Å². The Hall–Kier alpha value is -1.51. The lowest BCUT2D eigenvalue weighted by molar-refractivity contribution is -0.136. The summed E-state index contributed by atoms with van der Waals surface area (Å²) in [6.45, 7) is 6.03. The maximum absolute atomic E-state index is 10.9. The largest absolute Gasteiger partial charge is 0.481 e. The van der Waals surface area contributed by atoms with Gasteiger partial charge in [-0.15, -0.1) is 0 Å². The molecule has 0 aliphatic heterocycles. The van der Waals surface area contributed by atoms with Crippen molar-refractivity contribution < 1.29 is 9.90 Å². The highest BCUT2D eigenvalue weighted by Crippen LogP contribution is 2.30. The molecule has 3 nitrogen and oxygen atoms in total. The third-order valence-corrected chi connectivity index (χ3v) is 4.67. The van der Waals surface area contributed by atoms with E-state index in [9.17, 15) is 4.79 Å². The number of nitrogens with zero attached hydrogens (tertiary/aromatic N) is 1. The van der Waals surface area contributed by atoms with E-state index in [0.717, 1.165) is 12.5 Å². The molecule has 2 rings (SSSR count). The summed E-state index contributed by atoms with van der Waals surface area (Å²) in [5.74, 6) is 0.840. The molecule has 0 heterocycles. The van der Waals surface area contributed by atoms with Gasteiger partial charge in [0.05, 0.1) is 6.42 Å². The van der Waals surface area contributed by atoms with Gasteiger partial charge in [0.2, 0.25) is 0 Å². The normalized spacial score (nSPS) is 22.0. The molecule has 1 fully saturated rings. The molecular weight excluding hydrogens is 262 g/mol. The molecule has 0 amide bonds. The lowest BCUT2D eigenvalue weighted by Gasteiger charge is -2.33. The van der Waals surface area contributed by atoms with Crippen molar-refractivity contribution in [1.29, 1.82) is 0 Å². The summed E-state index contributed by atoms with van der Waals surface area (Å²) in [7, 11) is 0. The minimum Gasteiger partial charge on any atom is -0.481 e. The van der Waals surface area contributed by atoms with E-state index in [4.69, 9.17) is 5.11 Å². The average molecular weight is 289 g/mol. The van der Waals surface area contributed by atoms with E-state index in [1.165, 1.54) is 36.9 Å². The number of carbonyl (C=O) groups is 1. The van der Waals surface area contributed by atoms with Gasteiger partial charge in [-0.25, -0.2) is 0 Å². The smallest absolute Gasteiger partial charge is 0.305 e. The summed E-state index contributed by atoms with van der Waals surface area (Å²) in [6.07, 6.45) is 5.38. The molecule has 0 atom stereocenters. The fraction of sp³-hybridized carbons (Fsp3) is 0.611. The van der Waals surface area contributed by atoms with Crippen molar-refractivity contribution >= 4 is 11.7 Å². The zero-order valence-electron chi connectivity index (χ0n) is 13.2. The van der Waals surface area contributed by atoms with Gasteiger partial charge >= 0.3 is 5.97 Å². The number of carboxylic acid groups (broad SMARTS) is 1. The Kier molecular flexibility index (Phi) is 5.66. The lowest BCUT2D eigenvalue weighted by Crippen LogP contribution is -2.33. The topological polar surface area (TPSA) is 40.5 Å². The van der Waals surface area contributed by atoms with E-state index < -0.39 is 5.97 Å². The zero-order valence-corrected chi connectivity index (χ0v) is 13.2. The van der Waals surface area contributed by atoms with Gasteiger partial charge in [0.15, 0.2) is 0 Å². The van der Waals surface area contributed by atoms with Crippen LogP contribution in [0.5, 0.6) is 0 Å². The summed E-state index contributed by atoms with van der Waals surface area (Å²) >= 11 is 0. The molecule has 1 aromatic rings. The number of anilines is 1. The van der Waals surface area contributed by atoms with Gasteiger partial charge in [-0.2, -0.15) is 0 Å². The first-order valence-electron chi connectivity index (χ1n) is 8.08. The summed E-state index contributed by atoms with van der Waals surface area (Å²) in [4.78, 5) is 13.2. The molecule has 21 heavy (non-hydrogen) atoms. The molecule has 1 saturated carbocycles. The first-order chi connectivity index (χ1) is 10.1. The predicted octanol–water partition coefficient (Wildman–Crippen LogP) is 4.10. The quantitative estimate of drug-likeness (QED) is 0.857. The Labute approximate surface area is 128 Å². The summed E-state index contributed by atoms with van der Waals surface area (Å²) in [6, 6.07) is 8.30. The van der Waals surface area contributed by atoms with Crippen molar-refractivity contribution in [3.05, 3.63) is 29.8 Å². The van der Waals surface area contributed by atoms with Crippen LogP contribution in [0.4, 0.5) is 5.69 Å². The van der Waals surface area contributed by atoms with Gasteiger partial charge in [-0.1, -0.05) is 38.0 Å². The van der Waals surface area contributed by atoms with Crippen LogP contribution >= 0.6 is 0 Å². The maximum atomic E-state index is 10.9. The van der Waals surface area contributed by atoms with Gasteiger partial charge in [0, 0.05) is 18.8 Å². The van der Waals surface area contributed by atoms with E-state index in [2.05, 4.69) is 30.9 Å². The first kappa shape index (κ1) is 15.9. The van der Waals surface area contributed by atoms with Crippen LogP contribution < -0.4 is 4.90 Å². The second-order valence-electron chi connectivity index (χ2n) is 6.50. The molecule has 0 bridgehead atoms. The SMILES string of the molecule is Cc1ccccc1N(CCC(=O)O)CC1CCC(C)CC1. The van der Waals surface area contributed by atoms with Crippen molar-refractivity contribution in [3.8, 4) is 0 Å². The number of hydrogen-bond acceptors (Lipinski definition) is 2. The van der Waals surface area contributed by atoms with Crippen molar-refractivity contribution in [3.63, 3.8) is 0 Å². The first-order valence-corrected chi connectivity index (χ1v) is 8.08. The van der Waals surface area contributed by atoms with Crippen LogP contribution in [0.15, 0.2) is 24.3 Å². The Bertz CT molecular complexity index is 464. The van der Waals surface area contributed by atoms with Crippen molar-refractivity contribution in [1.82, 2.24) is 0 Å². The standard InChI is InChI=1S/C18H27NO2/c1-14-7-9-16(10-8-14)13-19(12-11-18(20)21)17-6-4-3-5-15(17)2/h3-6,14,16H,7-13H2,1-2H3,(H,20,21). The van der Waals surface area contributed by atoms with E-state index in [1.807, 2.05) is 12.1 Å². The zero-order chi connectivity index (χ0) is 15.2. The fourth-order valence-electron chi connectivity index (χ4n) is 3.28. The number of aryl methyl sites for hydroxylation is 1.